The van der Waals surface area contributed by atoms with Gasteiger partial charge in [-0.1, -0.05) is 50.2 Å². The Balaban J connectivity index is 1.64. The number of nitrogens with one attached hydrogen (secondary N) is 1. The lowest BCUT2D eigenvalue weighted by Gasteiger charge is -2.22. The molecule has 0 unspecified atom stereocenters. The third kappa shape index (κ3) is 6.27. The van der Waals surface area contributed by atoms with E-state index < -0.39 is 28.5 Å². The van der Waals surface area contributed by atoms with E-state index in [0.29, 0.717) is 11.4 Å². The van der Waals surface area contributed by atoms with Crippen LogP contribution in [0.2, 0.25) is 0 Å². The standard InChI is InChI=1S/C27H30N2O5S/c1-4-20(3)24-13-9-10-14-25(24)28-26(30)19-34-27(31)21-15-17-23(18-16-21)35(32,33)29(5-2)22-11-7-6-8-12-22/h6-18,20H,4-5,19H2,1-3H3,(H,28,30)/t20-/m1/s1. The average molecular weight is 495 g/mol. The number of anilines is 2. The molecule has 3 aromatic carbocycles. The lowest BCUT2D eigenvalue weighted by molar-refractivity contribution is -0.119. The predicted octanol–water partition coefficient (Wildman–Crippen LogP) is 5.21. The number of para-hydroxylation sites is 2. The van der Waals surface area contributed by atoms with Crippen LogP contribution in [0.1, 0.15) is 49.0 Å². The van der Waals surface area contributed by atoms with Gasteiger partial charge in [0.15, 0.2) is 6.61 Å². The molecule has 7 nitrogen and oxygen atoms in total. The summed E-state index contributed by atoms with van der Waals surface area (Å²) >= 11 is 0. The van der Waals surface area contributed by atoms with Crippen molar-refractivity contribution >= 4 is 33.3 Å². The van der Waals surface area contributed by atoms with Crippen molar-refractivity contribution in [2.45, 2.75) is 38.0 Å². The molecule has 0 heterocycles. The van der Waals surface area contributed by atoms with Gasteiger partial charge < -0.3 is 10.1 Å². The van der Waals surface area contributed by atoms with Crippen LogP contribution in [0, 0.1) is 0 Å². The van der Waals surface area contributed by atoms with Gasteiger partial charge in [-0.25, -0.2) is 13.2 Å². The summed E-state index contributed by atoms with van der Waals surface area (Å²) in [5.74, 6) is -0.890. The Morgan fingerprint density at radius 2 is 1.54 bits per heavy atom. The summed E-state index contributed by atoms with van der Waals surface area (Å²) in [5.41, 5.74) is 2.42. The summed E-state index contributed by atoms with van der Waals surface area (Å²) in [5, 5.41) is 2.80. The molecule has 0 aliphatic rings. The molecular formula is C27H30N2O5S. The quantitative estimate of drug-likeness (QED) is 0.391. The molecule has 0 fully saturated rings. The number of amides is 1. The molecular weight excluding hydrogens is 464 g/mol. The Bertz CT molecular complexity index is 1260. The van der Waals surface area contributed by atoms with E-state index in [1.54, 1.807) is 31.2 Å². The van der Waals surface area contributed by atoms with Crippen molar-refractivity contribution in [1.82, 2.24) is 0 Å². The van der Waals surface area contributed by atoms with Gasteiger partial charge in [0.2, 0.25) is 0 Å². The predicted molar refractivity (Wildman–Crippen MR) is 137 cm³/mol. The molecule has 0 spiro atoms. The molecule has 1 N–H and O–H groups in total. The van der Waals surface area contributed by atoms with Crippen molar-refractivity contribution in [3.05, 3.63) is 90.0 Å². The molecule has 0 bridgehead atoms. The minimum atomic E-state index is -3.80. The zero-order valence-corrected chi connectivity index (χ0v) is 20.9. The number of hydrogen-bond acceptors (Lipinski definition) is 5. The smallest absolute Gasteiger partial charge is 0.338 e. The molecule has 0 saturated carbocycles. The monoisotopic (exact) mass is 494 g/mol. The lowest BCUT2D eigenvalue weighted by Crippen LogP contribution is -2.30. The van der Waals surface area contributed by atoms with E-state index in [2.05, 4.69) is 19.2 Å². The highest BCUT2D eigenvalue weighted by Crippen LogP contribution is 2.26. The van der Waals surface area contributed by atoms with Gasteiger partial charge in [-0.15, -0.1) is 0 Å². The maximum Gasteiger partial charge on any atom is 0.338 e. The molecule has 0 saturated heterocycles. The number of rotatable bonds is 10. The maximum atomic E-state index is 13.1. The van der Waals surface area contributed by atoms with Gasteiger partial charge in [0.25, 0.3) is 15.9 Å². The summed E-state index contributed by atoms with van der Waals surface area (Å²) < 4.78 is 32.6. The van der Waals surface area contributed by atoms with Crippen molar-refractivity contribution in [3.8, 4) is 0 Å². The van der Waals surface area contributed by atoms with E-state index in [1.807, 2.05) is 30.3 Å². The van der Waals surface area contributed by atoms with Crippen LogP contribution in [-0.4, -0.2) is 33.4 Å². The highest BCUT2D eigenvalue weighted by molar-refractivity contribution is 7.92. The van der Waals surface area contributed by atoms with Crippen molar-refractivity contribution in [3.63, 3.8) is 0 Å². The molecule has 35 heavy (non-hydrogen) atoms. The normalized spacial score (nSPS) is 12.0. The SMILES string of the molecule is CC[C@@H](C)c1ccccc1NC(=O)COC(=O)c1ccc(S(=O)(=O)N(CC)c2ccccc2)cc1. The average Bonchev–Trinajstić information content (AvgIpc) is 2.88. The van der Waals surface area contributed by atoms with E-state index in [1.165, 1.54) is 28.6 Å². The first kappa shape index (κ1) is 26.0. The van der Waals surface area contributed by atoms with Gasteiger partial charge in [0.05, 0.1) is 16.1 Å². The summed E-state index contributed by atoms with van der Waals surface area (Å²) in [6, 6.07) is 21.8. The summed E-state index contributed by atoms with van der Waals surface area (Å²) in [4.78, 5) is 24.9. The third-order valence-corrected chi connectivity index (χ3v) is 7.64. The third-order valence-electron chi connectivity index (χ3n) is 5.72. The first-order chi connectivity index (χ1) is 16.8. The van der Waals surface area contributed by atoms with Crippen molar-refractivity contribution in [2.75, 3.05) is 22.8 Å². The lowest BCUT2D eigenvalue weighted by atomic mass is 9.97. The van der Waals surface area contributed by atoms with Crippen LogP contribution < -0.4 is 9.62 Å². The van der Waals surface area contributed by atoms with E-state index in [4.69, 9.17) is 4.74 Å². The fraction of sp³-hybridized carbons (Fsp3) is 0.259. The largest absolute Gasteiger partial charge is 0.452 e. The van der Waals surface area contributed by atoms with Crippen LogP contribution >= 0.6 is 0 Å². The van der Waals surface area contributed by atoms with Crippen LogP contribution in [0.4, 0.5) is 11.4 Å². The van der Waals surface area contributed by atoms with Crippen LogP contribution in [-0.2, 0) is 19.6 Å². The van der Waals surface area contributed by atoms with Crippen molar-refractivity contribution < 1.29 is 22.7 Å². The zero-order valence-electron chi connectivity index (χ0n) is 20.1. The number of ether oxygens (including phenoxy) is 1. The number of esters is 1. The van der Waals surface area contributed by atoms with E-state index in [0.717, 1.165) is 12.0 Å². The summed E-state index contributed by atoms with van der Waals surface area (Å²) in [6.45, 7) is 5.71. The summed E-state index contributed by atoms with van der Waals surface area (Å²) in [6.07, 6.45) is 0.926. The number of sulfonamides is 1. The number of benzene rings is 3. The molecule has 0 aromatic heterocycles. The second-order valence-electron chi connectivity index (χ2n) is 8.05. The molecule has 1 amide bonds. The molecule has 0 aliphatic heterocycles. The molecule has 3 rings (SSSR count). The fourth-order valence-corrected chi connectivity index (χ4v) is 5.11. The van der Waals surface area contributed by atoms with Gasteiger partial charge in [0.1, 0.15) is 0 Å². The second-order valence-corrected chi connectivity index (χ2v) is 9.91. The minimum absolute atomic E-state index is 0.0548. The Kier molecular flexibility index (Phi) is 8.65. The Labute approximate surface area is 206 Å². The number of hydrogen-bond donors (Lipinski definition) is 1. The first-order valence-corrected chi connectivity index (χ1v) is 13.0. The molecule has 1 atom stereocenters. The van der Waals surface area contributed by atoms with E-state index in [-0.39, 0.29) is 22.9 Å². The van der Waals surface area contributed by atoms with Crippen LogP contribution in [0.3, 0.4) is 0 Å². The summed E-state index contributed by atoms with van der Waals surface area (Å²) in [7, 11) is -3.80. The number of nitrogens with zero attached hydrogens (tertiary/aromatic N) is 1. The van der Waals surface area contributed by atoms with Crippen LogP contribution in [0.15, 0.2) is 83.8 Å². The highest BCUT2D eigenvalue weighted by Gasteiger charge is 2.24. The Hall–Kier alpha value is -3.65. The molecule has 0 aliphatic carbocycles. The number of carbonyl (C=O) groups is 2. The Morgan fingerprint density at radius 1 is 0.914 bits per heavy atom. The molecule has 184 valence electrons. The Morgan fingerprint density at radius 3 is 2.17 bits per heavy atom. The van der Waals surface area contributed by atoms with Gasteiger partial charge in [-0.05, 0) is 67.3 Å². The van der Waals surface area contributed by atoms with E-state index >= 15 is 0 Å². The topological polar surface area (TPSA) is 92.8 Å². The van der Waals surface area contributed by atoms with E-state index in [9.17, 15) is 18.0 Å². The molecule has 3 aromatic rings. The van der Waals surface area contributed by atoms with Crippen LogP contribution in [0.25, 0.3) is 0 Å². The fourth-order valence-electron chi connectivity index (χ4n) is 3.64. The van der Waals surface area contributed by atoms with Crippen LogP contribution in [0.5, 0.6) is 0 Å². The molecule has 0 radical (unpaired) electrons. The van der Waals surface area contributed by atoms with Crippen molar-refractivity contribution in [1.29, 1.82) is 0 Å². The second kappa shape index (κ2) is 11.7. The highest BCUT2D eigenvalue weighted by atomic mass is 32.2. The van der Waals surface area contributed by atoms with Gasteiger partial charge in [-0.2, -0.15) is 0 Å². The number of carbonyl (C=O) groups excluding carboxylic acids is 2. The van der Waals surface area contributed by atoms with Gasteiger partial charge >= 0.3 is 5.97 Å². The van der Waals surface area contributed by atoms with Crippen molar-refractivity contribution in [2.24, 2.45) is 0 Å². The van der Waals surface area contributed by atoms with Gasteiger partial charge in [-0.3, -0.25) is 9.10 Å². The first-order valence-electron chi connectivity index (χ1n) is 11.5. The maximum absolute atomic E-state index is 13.1. The van der Waals surface area contributed by atoms with Gasteiger partial charge in [0, 0.05) is 12.2 Å². The molecule has 8 heteroatoms. The zero-order chi connectivity index (χ0) is 25.4. The minimum Gasteiger partial charge on any atom is -0.452 e.